The SMILES string of the molecule is C[C@H](N=C(N)[C@@H](C)O)C(F)(F)F. The molecule has 72 valence electrons. The van der Waals surface area contributed by atoms with Gasteiger partial charge in [0.15, 0.2) is 0 Å². The Bertz CT molecular complexity index is 176. The van der Waals surface area contributed by atoms with Gasteiger partial charge in [0.05, 0.1) is 0 Å². The summed E-state index contributed by atoms with van der Waals surface area (Å²) in [5.41, 5.74) is 5.01. The Labute approximate surface area is 68.1 Å². The van der Waals surface area contributed by atoms with Crippen LogP contribution in [0.1, 0.15) is 13.8 Å². The van der Waals surface area contributed by atoms with Crippen molar-refractivity contribution in [2.75, 3.05) is 0 Å². The zero-order chi connectivity index (χ0) is 9.94. The predicted molar refractivity (Wildman–Crippen MR) is 38.8 cm³/mol. The lowest BCUT2D eigenvalue weighted by atomic mass is 10.3. The number of nitrogens with two attached hydrogens (primary N) is 1. The molecular weight excluding hydrogens is 173 g/mol. The molecule has 0 radical (unpaired) electrons. The first-order valence-electron chi connectivity index (χ1n) is 3.33. The lowest BCUT2D eigenvalue weighted by Crippen LogP contribution is -2.32. The normalized spacial score (nSPS) is 19.0. The van der Waals surface area contributed by atoms with Gasteiger partial charge in [-0.25, -0.2) is 0 Å². The summed E-state index contributed by atoms with van der Waals surface area (Å²) in [6.45, 7) is 2.12. The van der Waals surface area contributed by atoms with E-state index < -0.39 is 24.2 Å². The second-order valence-electron chi connectivity index (χ2n) is 2.45. The van der Waals surface area contributed by atoms with Gasteiger partial charge in [-0.15, -0.1) is 0 Å². The van der Waals surface area contributed by atoms with Crippen molar-refractivity contribution >= 4 is 5.84 Å². The number of rotatable bonds is 2. The molecule has 2 atom stereocenters. The smallest absolute Gasteiger partial charge is 0.386 e. The molecule has 0 saturated carbocycles. The van der Waals surface area contributed by atoms with Crippen LogP contribution in [0.3, 0.4) is 0 Å². The van der Waals surface area contributed by atoms with Crippen LogP contribution in [0, 0.1) is 0 Å². The molecule has 3 nitrogen and oxygen atoms in total. The third-order valence-corrected chi connectivity index (χ3v) is 1.24. The molecule has 0 aliphatic carbocycles. The minimum atomic E-state index is -4.40. The standard InChI is InChI=1S/C6H11F3N2O/c1-3(12)5(10)11-4(2)6(7,8)9/h3-4,12H,1-2H3,(H2,10,11)/t3-,4+/m1/s1. The Morgan fingerprint density at radius 1 is 1.42 bits per heavy atom. The number of halogens is 3. The van der Waals surface area contributed by atoms with Crippen molar-refractivity contribution in [2.24, 2.45) is 10.7 Å². The van der Waals surface area contributed by atoms with E-state index >= 15 is 0 Å². The Kier molecular flexibility index (Phi) is 3.51. The number of aliphatic imine (C=N–C) groups is 1. The number of amidine groups is 1. The van der Waals surface area contributed by atoms with E-state index in [1.54, 1.807) is 0 Å². The second kappa shape index (κ2) is 3.75. The van der Waals surface area contributed by atoms with Gasteiger partial charge in [-0.05, 0) is 13.8 Å². The summed E-state index contributed by atoms with van der Waals surface area (Å²) in [5.74, 6) is -0.403. The van der Waals surface area contributed by atoms with E-state index in [4.69, 9.17) is 10.8 Å². The summed E-state index contributed by atoms with van der Waals surface area (Å²) < 4.78 is 35.5. The number of hydrogen-bond acceptors (Lipinski definition) is 2. The van der Waals surface area contributed by atoms with E-state index in [0.717, 1.165) is 6.92 Å². The lowest BCUT2D eigenvalue weighted by Gasteiger charge is -2.12. The highest BCUT2D eigenvalue weighted by atomic mass is 19.4. The molecule has 0 aromatic heterocycles. The zero-order valence-electron chi connectivity index (χ0n) is 6.76. The van der Waals surface area contributed by atoms with Crippen LogP contribution in [0.2, 0.25) is 0 Å². The minimum Gasteiger partial charge on any atom is -0.386 e. The molecule has 12 heavy (non-hydrogen) atoms. The number of aliphatic hydroxyl groups is 1. The van der Waals surface area contributed by atoms with Gasteiger partial charge in [-0.3, -0.25) is 4.99 Å². The summed E-state index contributed by atoms with van der Waals surface area (Å²) in [6, 6.07) is -1.87. The summed E-state index contributed by atoms with van der Waals surface area (Å²) in [7, 11) is 0. The topological polar surface area (TPSA) is 58.6 Å². The summed E-state index contributed by atoms with van der Waals surface area (Å²) in [6.07, 6.45) is -5.55. The molecule has 0 fully saturated rings. The van der Waals surface area contributed by atoms with Crippen molar-refractivity contribution in [3.63, 3.8) is 0 Å². The first-order valence-corrected chi connectivity index (χ1v) is 3.33. The van der Waals surface area contributed by atoms with Crippen LogP contribution < -0.4 is 5.73 Å². The maximum atomic E-state index is 11.8. The Hall–Kier alpha value is -0.780. The van der Waals surface area contributed by atoms with E-state index in [0.29, 0.717) is 0 Å². The first-order chi connectivity index (χ1) is 5.25. The highest BCUT2D eigenvalue weighted by Gasteiger charge is 2.36. The van der Waals surface area contributed by atoms with Crippen molar-refractivity contribution < 1.29 is 18.3 Å². The van der Waals surface area contributed by atoms with Gasteiger partial charge in [-0.1, -0.05) is 0 Å². The van der Waals surface area contributed by atoms with Crippen molar-refractivity contribution in [1.82, 2.24) is 0 Å². The van der Waals surface area contributed by atoms with Crippen LogP contribution >= 0.6 is 0 Å². The Morgan fingerprint density at radius 2 is 1.83 bits per heavy atom. The lowest BCUT2D eigenvalue weighted by molar-refractivity contribution is -0.142. The molecule has 0 unspecified atom stereocenters. The molecule has 0 bridgehead atoms. The van der Waals surface area contributed by atoms with Gasteiger partial charge < -0.3 is 10.8 Å². The van der Waals surface area contributed by atoms with Crippen LogP contribution in [-0.4, -0.2) is 29.3 Å². The van der Waals surface area contributed by atoms with Gasteiger partial charge in [0.25, 0.3) is 0 Å². The summed E-state index contributed by atoms with van der Waals surface area (Å²) in [4.78, 5) is 3.07. The average Bonchev–Trinajstić information content (AvgIpc) is 1.85. The first kappa shape index (κ1) is 11.2. The van der Waals surface area contributed by atoms with Crippen LogP contribution in [0.15, 0.2) is 4.99 Å². The van der Waals surface area contributed by atoms with Crippen molar-refractivity contribution in [3.05, 3.63) is 0 Å². The van der Waals surface area contributed by atoms with E-state index in [1.165, 1.54) is 6.92 Å². The van der Waals surface area contributed by atoms with Crippen molar-refractivity contribution in [1.29, 1.82) is 0 Å². The average molecular weight is 184 g/mol. The Balaban J connectivity index is 4.34. The number of alkyl halides is 3. The molecule has 0 aliphatic rings. The number of aliphatic hydroxyl groups excluding tert-OH is 1. The van der Waals surface area contributed by atoms with Crippen LogP contribution in [0.5, 0.6) is 0 Å². The molecule has 0 saturated heterocycles. The molecule has 0 aromatic rings. The van der Waals surface area contributed by atoms with E-state index in [2.05, 4.69) is 4.99 Å². The largest absolute Gasteiger partial charge is 0.410 e. The number of nitrogens with zero attached hydrogens (tertiary/aromatic N) is 1. The van der Waals surface area contributed by atoms with Crippen LogP contribution in [-0.2, 0) is 0 Å². The fourth-order valence-corrected chi connectivity index (χ4v) is 0.405. The highest BCUT2D eigenvalue weighted by molar-refractivity contribution is 5.84. The number of hydrogen-bond donors (Lipinski definition) is 2. The fourth-order valence-electron chi connectivity index (χ4n) is 0.405. The predicted octanol–water partition coefficient (Wildman–Crippen LogP) is 0.675. The van der Waals surface area contributed by atoms with Gasteiger partial charge in [0.1, 0.15) is 18.0 Å². The van der Waals surface area contributed by atoms with E-state index in [-0.39, 0.29) is 0 Å². The molecule has 0 amide bonds. The molecular formula is C6H11F3N2O. The van der Waals surface area contributed by atoms with Gasteiger partial charge in [-0.2, -0.15) is 13.2 Å². The molecule has 0 aromatic carbocycles. The maximum Gasteiger partial charge on any atom is 0.410 e. The second-order valence-corrected chi connectivity index (χ2v) is 2.45. The minimum absolute atomic E-state index is 0.403. The summed E-state index contributed by atoms with van der Waals surface area (Å²) in [5, 5.41) is 8.71. The van der Waals surface area contributed by atoms with Crippen LogP contribution in [0.25, 0.3) is 0 Å². The van der Waals surface area contributed by atoms with Gasteiger partial charge in [0, 0.05) is 0 Å². The monoisotopic (exact) mass is 184 g/mol. The van der Waals surface area contributed by atoms with E-state index in [1.807, 2.05) is 0 Å². The van der Waals surface area contributed by atoms with Crippen LogP contribution in [0.4, 0.5) is 13.2 Å². The van der Waals surface area contributed by atoms with Gasteiger partial charge >= 0.3 is 6.18 Å². The molecule has 0 spiro atoms. The third-order valence-electron chi connectivity index (χ3n) is 1.24. The summed E-state index contributed by atoms with van der Waals surface area (Å²) >= 11 is 0. The Morgan fingerprint density at radius 3 is 2.08 bits per heavy atom. The zero-order valence-corrected chi connectivity index (χ0v) is 6.76. The fraction of sp³-hybridized carbons (Fsp3) is 0.833. The molecule has 0 heterocycles. The quantitative estimate of drug-likeness (QED) is 0.489. The highest BCUT2D eigenvalue weighted by Crippen LogP contribution is 2.22. The third kappa shape index (κ3) is 3.56. The molecule has 0 rings (SSSR count). The molecule has 3 N–H and O–H groups in total. The molecule has 6 heteroatoms. The molecule has 0 aliphatic heterocycles. The van der Waals surface area contributed by atoms with Crippen molar-refractivity contribution in [3.8, 4) is 0 Å². The maximum absolute atomic E-state index is 11.8. The van der Waals surface area contributed by atoms with Gasteiger partial charge in [0.2, 0.25) is 0 Å². The van der Waals surface area contributed by atoms with E-state index in [9.17, 15) is 13.2 Å². The van der Waals surface area contributed by atoms with Crippen molar-refractivity contribution in [2.45, 2.75) is 32.2 Å².